The maximum Gasteiger partial charge on any atom is 0.328 e. The Labute approximate surface area is 109 Å². The summed E-state index contributed by atoms with van der Waals surface area (Å²) >= 11 is 0. The topological polar surface area (TPSA) is 18.5 Å². The lowest BCUT2D eigenvalue weighted by Gasteiger charge is -2.38. The summed E-state index contributed by atoms with van der Waals surface area (Å²) in [5.41, 5.74) is 0. The Kier molecular flexibility index (Phi) is 6.74. The molecule has 0 aliphatic heterocycles. The molecular weight excluding hydrogens is 228 g/mol. The van der Waals surface area contributed by atoms with Crippen molar-refractivity contribution < 1.29 is 8.85 Å². The van der Waals surface area contributed by atoms with Gasteiger partial charge >= 0.3 is 9.28 Å². The van der Waals surface area contributed by atoms with E-state index in [0.717, 1.165) is 26.1 Å². The summed E-state index contributed by atoms with van der Waals surface area (Å²) < 4.78 is 12.3. The van der Waals surface area contributed by atoms with Crippen LogP contribution in [0.25, 0.3) is 0 Å². The SMILES string of the molecule is CCCO[SiH](OCCC)C1(C(C)C)CCCC1. The largest absolute Gasteiger partial charge is 0.396 e. The van der Waals surface area contributed by atoms with E-state index >= 15 is 0 Å². The fourth-order valence-corrected chi connectivity index (χ4v) is 6.03. The molecular formula is C14H30O2Si. The third-order valence-electron chi connectivity index (χ3n) is 4.10. The molecule has 0 unspecified atom stereocenters. The van der Waals surface area contributed by atoms with Crippen LogP contribution in [0.15, 0.2) is 0 Å². The molecule has 1 aliphatic rings. The van der Waals surface area contributed by atoms with Crippen molar-refractivity contribution in [3.05, 3.63) is 0 Å². The minimum atomic E-state index is -1.52. The van der Waals surface area contributed by atoms with Gasteiger partial charge in [0.25, 0.3) is 0 Å². The van der Waals surface area contributed by atoms with Crippen molar-refractivity contribution in [1.82, 2.24) is 0 Å². The average Bonchev–Trinajstić information content (AvgIpc) is 2.79. The van der Waals surface area contributed by atoms with Crippen molar-refractivity contribution >= 4 is 9.28 Å². The standard InChI is InChI=1S/C14H30O2Si/c1-5-11-15-17(16-12-6-2)14(13(3)4)9-7-8-10-14/h13,17H,5-12H2,1-4H3. The third kappa shape index (κ3) is 3.80. The summed E-state index contributed by atoms with van der Waals surface area (Å²) in [6, 6.07) is 0. The molecule has 0 aromatic heterocycles. The lowest BCUT2D eigenvalue weighted by molar-refractivity contribution is 0.155. The van der Waals surface area contributed by atoms with E-state index in [1.165, 1.54) is 25.7 Å². The Morgan fingerprint density at radius 3 is 1.82 bits per heavy atom. The van der Waals surface area contributed by atoms with Crippen LogP contribution in [0.5, 0.6) is 0 Å². The molecule has 1 aliphatic carbocycles. The van der Waals surface area contributed by atoms with Crippen LogP contribution in [-0.2, 0) is 8.85 Å². The molecule has 0 bridgehead atoms. The van der Waals surface area contributed by atoms with E-state index in [9.17, 15) is 0 Å². The van der Waals surface area contributed by atoms with Gasteiger partial charge in [0, 0.05) is 18.3 Å². The third-order valence-corrected chi connectivity index (χ3v) is 7.36. The second-order valence-electron chi connectivity index (χ2n) is 5.67. The quantitative estimate of drug-likeness (QED) is 0.612. The number of rotatable bonds is 8. The Hall–Kier alpha value is 0.137. The van der Waals surface area contributed by atoms with E-state index in [1.807, 2.05) is 0 Å². The summed E-state index contributed by atoms with van der Waals surface area (Å²) in [7, 11) is -1.52. The summed E-state index contributed by atoms with van der Waals surface area (Å²) in [4.78, 5) is 0. The van der Waals surface area contributed by atoms with Crippen LogP contribution in [0.1, 0.15) is 66.2 Å². The zero-order valence-electron chi connectivity index (χ0n) is 12.1. The first-order valence-electron chi connectivity index (χ1n) is 7.40. The Morgan fingerprint density at radius 2 is 1.47 bits per heavy atom. The predicted octanol–water partition coefficient (Wildman–Crippen LogP) is 4.03. The van der Waals surface area contributed by atoms with Crippen molar-refractivity contribution in [2.24, 2.45) is 5.92 Å². The summed E-state index contributed by atoms with van der Waals surface area (Å²) in [5, 5.41) is 0.407. The molecule has 0 spiro atoms. The molecule has 0 amide bonds. The van der Waals surface area contributed by atoms with Crippen molar-refractivity contribution in [2.75, 3.05) is 13.2 Å². The molecule has 0 heterocycles. The molecule has 0 aromatic rings. The van der Waals surface area contributed by atoms with E-state index in [4.69, 9.17) is 8.85 Å². The van der Waals surface area contributed by atoms with Gasteiger partial charge in [0.15, 0.2) is 0 Å². The van der Waals surface area contributed by atoms with E-state index in [1.54, 1.807) is 0 Å². The maximum atomic E-state index is 6.16. The molecule has 0 atom stereocenters. The van der Waals surface area contributed by atoms with Crippen LogP contribution < -0.4 is 0 Å². The van der Waals surface area contributed by atoms with Crippen LogP contribution >= 0.6 is 0 Å². The first-order chi connectivity index (χ1) is 8.17. The number of hydrogen-bond donors (Lipinski definition) is 0. The minimum Gasteiger partial charge on any atom is -0.396 e. The summed E-state index contributed by atoms with van der Waals surface area (Å²) in [6.07, 6.45) is 7.60. The molecule has 0 radical (unpaired) electrons. The molecule has 1 rings (SSSR count). The highest BCUT2D eigenvalue weighted by Gasteiger charge is 2.47. The molecule has 1 saturated carbocycles. The zero-order chi connectivity index (χ0) is 12.7. The van der Waals surface area contributed by atoms with Crippen molar-refractivity contribution in [3.63, 3.8) is 0 Å². The van der Waals surface area contributed by atoms with Crippen LogP contribution in [0.3, 0.4) is 0 Å². The zero-order valence-corrected chi connectivity index (χ0v) is 13.3. The molecule has 2 nitrogen and oxygen atoms in total. The highest BCUT2D eigenvalue weighted by molar-refractivity contribution is 6.49. The lowest BCUT2D eigenvalue weighted by Crippen LogP contribution is -2.40. The molecule has 1 fully saturated rings. The van der Waals surface area contributed by atoms with E-state index in [-0.39, 0.29) is 0 Å². The second-order valence-corrected chi connectivity index (χ2v) is 8.15. The van der Waals surface area contributed by atoms with Gasteiger partial charge < -0.3 is 8.85 Å². The van der Waals surface area contributed by atoms with Crippen LogP contribution in [-0.4, -0.2) is 22.5 Å². The van der Waals surface area contributed by atoms with Crippen LogP contribution in [0.4, 0.5) is 0 Å². The first-order valence-corrected chi connectivity index (χ1v) is 8.92. The first kappa shape index (κ1) is 15.2. The fourth-order valence-electron chi connectivity index (χ4n) is 2.95. The lowest BCUT2D eigenvalue weighted by atomic mass is 9.93. The molecule has 17 heavy (non-hydrogen) atoms. The van der Waals surface area contributed by atoms with E-state index in [0.29, 0.717) is 11.0 Å². The van der Waals surface area contributed by atoms with Crippen molar-refractivity contribution in [1.29, 1.82) is 0 Å². The van der Waals surface area contributed by atoms with Gasteiger partial charge in [-0.2, -0.15) is 0 Å². The molecule has 0 aromatic carbocycles. The van der Waals surface area contributed by atoms with Gasteiger partial charge in [-0.3, -0.25) is 0 Å². The van der Waals surface area contributed by atoms with E-state index in [2.05, 4.69) is 27.7 Å². The Bertz CT molecular complexity index is 192. The minimum absolute atomic E-state index is 0.407. The second kappa shape index (κ2) is 7.55. The normalized spacial score (nSPS) is 19.4. The van der Waals surface area contributed by atoms with Gasteiger partial charge in [-0.15, -0.1) is 0 Å². The Balaban J connectivity index is 2.68. The van der Waals surface area contributed by atoms with E-state index < -0.39 is 9.28 Å². The monoisotopic (exact) mass is 258 g/mol. The molecule has 0 N–H and O–H groups in total. The summed E-state index contributed by atoms with van der Waals surface area (Å²) in [6.45, 7) is 10.8. The van der Waals surface area contributed by atoms with Gasteiger partial charge in [-0.25, -0.2) is 0 Å². The van der Waals surface area contributed by atoms with Gasteiger partial charge in [-0.05, 0) is 31.6 Å². The predicted molar refractivity (Wildman–Crippen MR) is 75.6 cm³/mol. The van der Waals surface area contributed by atoms with Crippen LogP contribution in [0, 0.1) is 5.92 Å². The highest BCUT2D eigenvalue weighted by Crippen LogP contribution is 2.53. The average molecular weight is 258 g/mol. The molecule has 102 valence electrons. The van der Waals surface area contributed by atoms with Gasteiger partial charge in [0.05, 0.1) is 0 Å². The number of hydrogen-bond acceptors (Lipinski definition) is 2. The highest BCUT2D eigenvalue weighted by atomic mass is 28.3. The smallest absolute Gasteiger partial charge is 0.328 e. The van der Waals surface area contributed by atoms with Crippen molar-refractivity contribution in [2.45, 2.75) is 71.3 Å². The summed E-state index contributed by atoms with van der Waals surface area (Å²) in [5.74, 6) is 0.704. The van der Waals surface area contributed by atoms with Gasteiger partial charge in [0.1, 0.15) is 0 Å². The van der Waals surface area contributed by atoms with Crippen LogP contribution in [0.2, 0.25) is 5.04 Å². The van der Waals surface area contributed by atoms with Gasteiger partial charge in [-0.1, -0.05) is 40.5 Å². The van der Waals surface area contributed by atoms with Crippen molar-refractivity contribution in [3.8, 4) is 0 Å². The van der Waals surface area contributed by atoms with Gasteiger partial charge in [0.2, 0.25) is 0 Å². The Morgan fingerprint density at radius 1 is 1.00 bits per heavy atom. The molecule has 0 saturated heterocycles. The maximum absolute atomic E-state index is 6.16. The fraction of sp³-hybridized carbons (Fsp3) is 1.00. The molecule has 3 heteroatoms.